The van der Waals surface area contributed by atoms with Crippen LogP contribution in [-0.2, 0) is 9.59 Å². The molecular formula is C20H22ClN5O4. The SMILES string of the molecule is O=C(CCN1CCCC(C(=O)Nc2ccc(Cl)cn2)C1)Nc1ccccc1[N+](=O)[O-]. The Kier molecular flexibility index (Phi) is 7.31. The number of benzene rings is 1. The lowest BCUT2D eigenvalue weighted by Crippen LogP contribution is -2.41. The third kappa shape index (κ3) is 5.98. The van der Waals surface area contributed by atoms with Gasteiger partial charge in [-0.05, 0) is 37.6 Å². The molecule has 9 nitrogen and oxygen atoms in total. The van der Waals surface area contributed by atoms with Crippen LogP contribution in [0.2, 0.25) is 5.02 Å². The summed E-state index contributed by atoms with van der Waals surface area (Å²) in [5.41, 5.74) is 0.0372. The number of likely N-dealkylation sites (tertiary alicyclic amines) is 1. The summed E-state index contributed by atoms with van der Waals surface area (Å²) in [7, 11) is 0. The first kappa shape index (κ1) is 21.7. The van der Waals surface area contributed by atoms with Crippen LogP contribution in [0.4, 0.5) is 17.2 Å². The molecule has 1 aromatic heterocycles. The van der Waals surface area contributed by atoms with Gasteiger partial charge in [0.15, 0.2) is 0 Å². The van der Waals surface area contributed by atoms with Crippen LogP contribution in [0.3, 0.4) is 0 Å². The molecule has 1 saturated heterocycles. The molecule has 2 aromatic rings. The lowest BCUT2D eigenvalue weighted by Gasteiger charge is -2.31. The number of hydrogen-bond acceptors (Lipinski definition) is 6. The zero-order valence-corrected chi connectivity index (χ0v) is 17.0. The van der Waals surface area contributed by atoms with E-state index in [2.05, 4.69) is 20.5 Å². The molecule has 2 heterocycles. The molecule has 10 heteroatoms. The lowest BCUT2D eigenvalue weighted by atomic mass is 9.97. The van der Waals surface area contributed by atoms with E-state index in [1.807, 2.05) is 0 Å². The number of anilines is 2. The quantitative estimate of drug-likeness (QED) is 0.513. The van der Waals surface area contributed by atoms with Crippen molar-refractivity contribution in [2.75, 3.05) is 30.3 Å². The van der Waals surface area contributed by atoms with Crippen molar-refractivity contribution in [1.82, 2.24) is 9.88 Å². The Morgan fingerprint density at radius 1 is 1.23 bits per heavy atom. The molecular weight excluding hydrogens is 410 g/mol. The van der Waals surface area contributed by atoms with Gasteiger partial charge < -0.3 is 15.5 Å². The van der Waals surface area contributed by atoms with Crippen LogP contribution < -0.4 is 10.6 Å². The Balaban J connectivity index is 1.49. The van der Waals surface area contributed by atoms with Crippen LogP contribution in [0.25, 0.3) is 0 Å². The van der Waals surface area contributed by atoms with Crippen LogP contribution in [0, 0.1) is 16.0 Å². The highest BCUT2D eigenvalue weighted by Crippen LogP contribution is 2.23. The van der Waals surface area contributed by atoms with Gasteiger partial charge in [-0.3, -0.25) is 19.7 Å². The number of carbonyl (C=O) groups excluding carboxylic acids is 2. The maximum atomic E-state index is 12.5. The highest BCUT2D eigenvalue weighted by atomic mass is 35.5. The minimum Gasteiger partial charge on any atom is -0.320 e. The van der Waals surface area contributed by atoms with E-state index in [9.17, 15) is 19.7 Å². The summed E-state index contributed by atoms with van der Waals surface area (Å²) in [5, 5.41) is 16.9. The van der Waals surface area contributed by atoms with Gasteiger partial charge in [-0.2, -0.15) is 0 Å². The van der Waals surface area contributed by atoms with Crippen molar-refractivity contribution in [2.24, 2.45) is 5.92 Å². The van der Waals surface area contributed by atoms with Gasteiger partial charge in [-0.25, -0.2) is 4.98 Å². The third-order valence-corrected chi connectivity index (χ3v) is 5.11. The molecule has 1 atom stereocenters. The van der Waals surface area contributed by atoms with Gasteiger partial charge in [-0.1, -0.05) is 23.7 Å². The van der Waals surface area contributed by atoms with Gasteiger partial charge in [0.25, 0.3) is 5.69 Å². The van der Waals surface area contributed by atoms with Crippen molar-refractivity contribution in [1.29, 1.82) is 0 Å². The number of amides is 2. The minimum atomic E-state index is -0.529. The molecule has 158 valence electrons. The van der Waals surface area contributed by atoms with Crippen LogP contribution in [0.15, 0.2) is 42.6 Å². The average Bonchev–Trinajstić information content (AvgIpc) is 2.74. The Morgan fingerprint density at radius 2 is 2.03 bits per heavy atom. The van der Waals surface area contributed by atoms with Crippen molar-refractivity contribution in [2.45, 2.75) is 19.3 Å². The monoisotopic (exact) mass is 431 g/mol. The van der Waals surface area contributed by atoms with E-state index in [4.69, 9.17) is 11.6 Å². The number of rotatable bonds is 7. The zero-order valence-electron chi connectivity index (χ0n) is 16.2. The Bertz CT molecular complexity index is 922. The van der Waals surface area contributed by atoms with Gasteiger partial charge in [0.05, 0.1) is 15.9 Å². The fourth-order valence-corrected chi connectivity index (χ4v) is 3.47. The molecule has 1 aliphatic rings. The Morgan fingerprint density at radius 3 is 2.77 bits per heavy atom. The van der Waals surface area contributed by atoms with E-state index in [1.54, 1.807) is 24.3 Å². The number of aromatic nitrogens is 1. The number of nitro benzene ring substituents is 1. The van der Waals surface area contributed by atoms with Crippen molar-refractivity contribution in [3.05, 3.63) is 57.7 Å². The first-order valence-electron chi connectivity index (χ1n) is 9.60. The highest BCUT2D eigenvalue weighted by Gasteiger charge is 2.26. The predicted octanol–water partition coefficient (Wildman–Crippen LogP) is 3.32. The second kappa shape index (κ2) is 10.1. The molecule has 0 spiro atoms. The number of carbonyl (C=O) groups is 2. The topological polar surface area (TPSA) is 117 Å². The number of para-hydroxylation sites is 2. The van der Waals surface area contributed by atoms with Gasteiger partial charge in [0.1, 0.15) is 11.5 Å². The molecule has 2 amide bonds. The summed E-state index contributed by atoms with van der Waals surface area (Å²) in [6.45, 7) is 1.80. The fraction of sp³-hybridized carbons (Fsp3) is 0.350. The molecule has 1 aliphatic heterocycles. The van der Waals surface area contributed by atoms with Crippen LogP contribution >= 0.6 is 11.6 Å². The number of pyridine rings is 1. The highest BCUT2D eigenvalue weighted by molar-refractivity contribution is 6.30. The third-order valence-electron chi connectivity index (χ3n) is 4.88. The van der Waals surface area contributed by atoms with E-state index in [-0.39, 0.29) is 35.5 Å². The normalized spacial score (nSPS) is 16.6. The van der Waals surface area contributed by atoms with E-state index in [1.165, 1.54) is 18.3 Å². The molecule has 0 saturated carbocycles. The van der Waals surface area contributed by atoms with Crippen molar-refractivity contribution in [3.63, 3.8) is 0 Å². The summed E-state index contributed by atoms with van der Waals surface area (Å²) in [4.78, 5) is 41.4. The zero-order chi connectivity index (χ0) is 21.5. The largest absolute Gasteiger partial charge is 0.320 e. The Labute approximate surface area is 178 Å². The number of nitro groups is 1. The van der Waals surface area contributed by atoms with Crippen molar-refractivity contribution < 1.29 is 14.5 Å². The van der Waals surface area contributed by atoms with Crippen LogP contribution in [0.1, 0.15) is 19.3 Å². The van der Waals surface area contributed by atoms with Crippen molar-refractivity contribution >= 4 is 40.6 Å². The summed E-state index contributed by atoms with van der Waals surface area (Å²) >= 11 is 5.80. The number of nitrogens with one attached hydrogen (secondary N) is 2. The van der Waals surface area contributed by atoms with Gasteiger partial charge in [-0.15, -0.1) is 0 Å². The first-order valence-corrected chi connectivity index (χ1v) is 9.98. The molecule has 30 heavy (non-hydrogen) atoms. The molecule has 0 radical (unpaired) electrons. The predicted molar refractivity (Wildman–Crippen MR) is 113 cm³/mol. The van der Waals surface area contributed by atoms with Gasteiger partial charge in [0.2, 0.25) is 11.8 Å². The summed E-state index contributed by atoms with van der Waals surface area (Å²) in [6.07, 6.45) is 3.26. The number of halogens is 1. The maximum absolute atomic E-state index is 12.5. The van der Waals surface area contributed by atoms with Gasteiger partial charge in [0, 0.05) is 31.8 Å². The first-order chi connectivity index (χ1) is 14.4. The van der Waals surface area contributed by atoms with Gasteiger partial charge >= 0.3 is 0 Å². The smallest absolute Gasteiger partial charge is 0.292 e. The fourth-order valence-electron chi connectivity index (χ4n) is 3.36. The lowest BCUT2D eigenvalue weighted by molar-refractivity contribution is -0.383. The summed E-state index contributed by atoms with van der Waals surface area (Å²) in [5.74, 6) is -0.167. The van der Waals surface area contributed by atoms with Crippen LogP contribution in [0.5, 0.6) is 0 Å². The second-order valence-corrected chi connectivity index (χ2v) is 7.50. The Hall–Kier alpha value is -3.04. The minimum absolute atomic E-state index is 0.112. The van der Waals surface area contributed by atoms with Crippen molar-refractivity contribution in [3.8, 4) is 0 Å². The number of piperidine rings is 1. The molecule has 1 unspecified atom stereocenters. The molecule has 0 aliphatic carbocycles. The average molecular weight is 432 g/mol. The summed E-state index contributed by atoms with van der Waals surface area (Å²) in [6, 6.07) is 9.33. The standard InChI is InChI=1S/C20H22ClN5O4/c21-15-7-8-18(22-12-15)24-20(28)14-4-3-10-25(13-14)11-9-19(27)23-16-5-1-2-6-17(16)26(29)30/h1-2,5-8,12,14H,3-4,9-11,13H2,(H,23,27)(H,22,24,28). The van der Waals surface area contributed by atoms with E-state index in [0.717, 1.165) is 19.4 Å². The number of nitrogens with zero attached hydrogens (tertiary/aromatic N) is 3. The maximum Gasteiger partial charge on any atom is 0.292 e. The molecule has 1 fully saturated rings. The van der Waals surface area contributed by atoms with E-state index >= 15 is 0 Å². The summed E-state index contributed by atoms with van der Waals surface area (Å²) < 4.78 is 0. The van der Waals surface area contributed by atoms with E-state index < -0.39 is 4.92 Å². The van der Waals surface area contributed by atoms with E-state index in [0.29, 0.717) is 23.9 Å². The molecule has 1 aromatic carbocycles. The van der Waals surface area contributed by atoms with Crippen LogP contribution in [-0.4, -0.2) is 46.3 Å². The molecule has 3 rings (SSSR count). The number of hydrogen-bond donors (Lipinski definition) is 2. The molecule has 0 bridgehead atoms. The second-order valence-electron chi connectivity index (χ2n) is 7.06. The molecule has 2 N–H and O–H groups in total.